The zero-order valence-corrected chi connectivity index (χ0v) is 14.5. The summed E-state index contributed by atoms with van der Waals surface area (Å²) in [5.41, 5.74) is 6.72. The number of nitrogen functional groups attached to an aromatic ring is 1. The fourth-order valence-corrected chi connectivity index (χ4v) is 3.80. The summed E-state index contributed by atoms with van der Waals surface area (Å²) in [4.78, 5) is 0.180. The van der Waals surface area contributed by atoms with Gasteiger partial charge in [0.05, 0.1) is 15.6 Å². The molecule has 1 rings (SSSR count). The van der Waals surface area contributed by atoms with Crippen LogP contribution >= 0.6 is 11.6 Å². The second-order valence-electron chi connectivity index (χ2n) is 5.39. The van der Waals surface area contributed by atoms with Crippen LogP contribution in [0.2, 0.25) is 5.02 Å². The minimum Gasteiger partial charge on any atom is -0.397 e. The summed E-state index contributed by atoms with van der Waals surface area (Å²) in [6.45, 7) is 5.90. The molecule has 1 aromatic carbocycles. The van der Waals surface area contributed by atoms with Gasteiger partial charge < -0.3 is 5.73 Å². The van der Waals surface area contributed by atoms with Crippen LogP contribution in [0.25, 0.3) is 0 Å². The van der Waals surface area contributed by atoms with Gasteiger partial charge in [0.15, 0.2) is 0 Å². The lowest BCUT2D eigenvalue weighted by Crippen LogP contribution is -2.34. The van der Waals surface area contributed by atoms with E-state index in [-0.39, 0.29) is 16.6 Å². The van der Waals surface area contributed by atoms with E-state index in [2.05, 4.69) is 18.6 Å². The summed E-state index contributed by atoms with van der Waals surface area (Å²) in [5, 5.41) is 0.407. The molecular formula is C15H25ClN2O2S. The fraction of sp³-hybridized carbons (Fsp3) is 0.600. The average molecular weight is 333 g/mol. The molecule has 1 atom stereocenters. The first kappa shape index (κ1) is 18.3. The minimum absolute atomic E-state index is 0.0304. The fourth-order valence-electron chi connectivity index (χ4n) is 2.27. The topological polar surface area (TPSA) is 72.2 Å². The molecule has 6 heteroatoms. The third-order valence-corrected chi connectivity index (χ3v) is 5.45. The summed E-state index contributed by atoms with van der Waals surface area (Å²) in [7, 11) is -3.56. The number of anilines is 1. The van der Waals surface area contributed by atoms with Gasteiger partial charge in [-0.05, 0) is 37.5 Å². The van der Waals surface area contributed by atoms with Crippen LogP contribution in [0.15, 0.2) is 17.0 Å². The van der Waals surface area contributed by atoms with Crippen LogP contribution in [0.3, 0.4) is 0 Å². The van der Waals surface area contributed by atoms with E-state index in [0.717, 1.165) is 32.1 Å². The van der Waals surface area contributed by atoms with Crippen molar-refractivity contribution in [1.82, 2.24) is 4.72 Å². The zero-order chi connectivity index (χ0) is 16.0. The van der Waals surface area contributed by atoms with E-state index < -0.39 is 10.0 Å². The lowest BCUT2D eigenvalue weighted by atomic mass is 10.1. The van der Waals surface area contributed by atoms with Crippen LogP contribution in [0.4, 0.5) is 5.69 Å². The normalized spacial score (nSPS) is 13.3. The van der Waals surface area contributed by atoms with E-state index in [9.17, 15) is 8.42 Å². The van der Waals surface area contributed by atoms with Crippen molar-refractivity contribution in [3.8, 4) is 0 Å². The van der Waals surface area contributed by atoms with E-state index in [1.165, 1.54) is 6.07 Å². The van der Waals surface area contributed by atoms with Crippen LogP contribution in [-0.2, 0) is 10.0 Å². The second-order valence-corrected chi connectivity index (χ2v) is 7.48. The summed E-state index contributed by atoms with van der Waals surface area (Å²) < 4.78 is 27.8. The molecule has 0 aromatic heterocycles. The Morgan fingerprint density at radius 1 is 1.24 bits per heavy atom. The highest BCUT2D eigenvalue weighted by Crippen LogP contribution is 2.27. The summed E-state index contributed by atoms with van der Waals surface area (Å²) in [6.07, 6.45) is 4.69. The minimum atomic E-state index is -3.56. The number of halogens is 1. The molecule has 0 heterocycles. The maximum absolute atomic E-state index is 12.5. The zero-order valence-electron chi connectivity index (χ0n) is 12.9. The Labute approximate surface area is 133 Å². The van der Waals surface area contributed by atoms with E-state index in [4.69, 9.17) is 17.3 Å². The number of unbranched alkanes of at least 4 members (excludes halogenated alkanes) is 1. The standard InChI is InChI=1S/C15H25ClN2O2S/c1-4-6-8-12(7-5-2)18-21(19,20)13-9-11(3)15(16)14(17)10-13/h9-10,12,18H,4-8,17H2,1-3H3. The molecule has 0 bridgehead atoms. The smallest absolute Gasteiger partial charge is 0.240 e. The van der Waals surface area contributed by atoms with Gasteiger partial charge in [-0.2, -0.15) is 0 Å². The molecule has 0 spiro atoms. The first-order valence-corrected chi connectivity index (χ1v) is 9.25. The Hall–Kier alpha value is -0.780. The Balaban J connectivity index is 2.98. The summed E-state index contributed by atoms with van der Waals surface area (Å²) >= 11 is 5.98. The number of nitrogens with one attached hydrogen (secondary N) is 1. The molecule has 120 valence electrons. The van der Waals surface area contributed by atoms with Gasteiger partial charge in [-0.1, -0.05) is 44.7 Å². The van der Waals surface area contributed by atoms with Crippen molar-refractivity contribution in [1.29, 1.82) is 0 Å². The van der Waals surface area contributed by atoms with Crippen LogP contribution < -0.4 is 10.5 Å². The molecule has 3 N–H and O–H groups in total. The van der Waals surface area contributed by atoms with Gasteiger partial charge >= 0.3 is 0 Å². The molecule has 4 nitrogen and oxygen atoms in total. The predicted molar refractivity (Wildman–Crippen MR) is 89.1 cm³/mol. The van der Waals surface area contributed by atoms with Crippen molar-refractivity contribution in [3.63, 3.8) is 0 Å². The largest absolute Gasteiger partial charge is 0.397 e. The first-order chi connectivity index (χ1) is 9.81. The number of aryl methyl sites for hydroxylation is 1. The highest BCUT2D eigenvalue weighted by molar-refractivity contribution is 7.89. The van der Waals surface area contributed by atoms with Gasteiger partial charge in [0, 0.05) is 6.04 Å². The molecule has 0 fully saturated rings. The van der Waals surface area contributed by atoms with Crippen LogP contribution in [-0.4, -0.2) is 14.5 Å². The summed E-state index contributed by atoms with van der Waals surface area (Å²) in [6, 6.07) is 2.95. The van der Waals surface area contributed by atoms with E-state index in [1.807, 2.05) is 0 Å². The Bertz CT molecular complexity index is 550. The van der Waals surface area contributed by atoms with Crippen molar-refractivity contribution < 1.29 is 8.42 Å². The van der Waals surface area contributed by atoms with Gasteiger partial charge in [-0.3, -0.25) is 0 Å². The van der Waals surface area contributed by atoms with E-state index in [1.54, 1.807) is 13.0 Å². The molecule has 1 unspecified atom stereocenters. The second kappa shape index (κ2) is 8.01. The van der Waals surface area contributed by atoms with Crippen molar-refractivity contribution in [2.24, 2.45) is 0 Å². The van der Waals surface area contributed by atoms with Crippen molar-refractivity contribution in [2.75, 3.05) is 5.73 Å². The molecule has 0 aliphatic carbocycles. The van der Waals surface area contributed by atoms with Gasteiger partial charge in [-0.15, -0.1) is 0 Å². The number of sulfonamides is 1. The lowest BCUT2D eigenvalue weighted by Gasteiger charge is -2.18. The van der Waals surface area contributed by atoms with E-state index in [0.29, 0.717) is 10.6 Å². The van der Waals surface area contributed by atoms with Gasteiger partial charge in [-0.25, -0.2) is 13.1 Å². The molecule has 21 heavy (non-hydrogen) atoms. The van der Waals surface area contributed by atoms with Crippen LogP contribution in [0, 0.1) is 6.92 Å². The van der Waals surface area contributed by atoms with E-state index >= 15 is 0 Å². The highest BCUT2D eigenvalue weighted by atomic mass is 35.5. The molecule has 0 radical (unpaired) electrons. The third kappa shape index (κ3) is 5.16. The Morgan fingerprint density at radius 3 is 2.43 bits per heavy atom. The average Bonchev–Trinajstić information content (AvgIpc) is 2.41. The number of hydrogen-bond donors (Lipinski definition) is 2. The SMILES string of the molecule is CCCCC(CCC)NS(=O)(=O)c1cc(C)c(Cl)c(N)c1. The van der Waals surface area contributed by atoms with Gasteiger partial charge in [0.2, 0.25) is 10.0 Å². The molecule has 0 amide bonds. The first-order valence-electron chi connectivity index (χ1n) is 7.39. The molecule has 0 saturated heterocycles. The van der Waals surface area contributed by atoms with Crippen molar-refractivity contribution >= 4 is 27.3 Å². The Kier molecular flexibility index (Phi) is 6.97. The third-order valence-electron chi connectivity index (χ3n) is 3.43. The van der Waals surface area contributed by atoms with Gasteiger partial charge in [0.25, 0.3) is 0 Å². The molecular weight excluding hydrogens is 308 g/mol. The number of benzene rings is 1. The number of rotatable bonds is 8. The maximum atomic E-state index is 12.5. The molecule has 0 aliphatic rings. The van der Waals surface area contributed by atoms with Crippen molar-refractivity contribution in [2.45, 2.75) is 63.8 Å². The number of hydrogen-bond acceptors (Lipinski definition) is 3. The monoisotopic (exact) mass is 332 g/mol. The van der Waals surface area contributed by atoms with Crippen LogP contribution in [0.5, 0.6) is 0 Å². The van der Waals surface area contributed by atoms with Crippen molar-refractivity contribution in [3.05, 3.63) is 22.7 Å². The molecule has 0 aliphatic heterocycles. The molecule has 1 aromatic rings. The number of nitrogens with two attached hydrogens (primary N) is 1. The predicted octanol–water partition coefficient (Wildman–Crippen LogP) is 3.87. The van der Waals surface area contributed by atoms with Gasteiger partial charge in [0.1, 0.15) is 0 Å². The quantitative estimate of drug-likeness (QED) is 0.710. The summed E-state index contributed by atoms with van der Waals surface area (Å²) in [5.74, 6) is 0. The molecule has 0 saturated carbocycles. The highest BCUT2D eigenvalue weighted by Gasteiger charge is 2.21. The Morgan fingerprint density at radius 2 is 1.90 bits per heavy atom. The van der Waals surface area contributed by atoms with Crippen LogP contribution in [0.1, 0.15) is 51.5 Å². The lowest BCUT2D eigenvalue weighted by molar-refractivity contribution is 0.483. The maximum Gasteiger partial charge on any atom is 0.240 e.